The number of fused-ring (bicyclic) bond motifs is 1. The van der Waals surface area contributed by atoms with E-state index in [2.05, 4.69) is 4.98 Å². The third kappa shape index (κ3) is 3.13. The molecule has 1 saturated carbocycles. The molecule has 0 bridgehead atoms. The van der Waals surface area contributed by atoms with Crippen molar-refractivity contribution in [3.8, 4) is 0 Å². The summed E-state index contributed by atoms with van der Waals surface area (Å²) in [5.74, 6) is 1.72. The summed E-state index contributed by atoms with van der Waals surface area (Å²) in [5.41, 5.74) is 0.791. The minimum atomic E-state index is 0.0482. The van der Waals surface area contributed by atoms with Crippen LogP contribution in [0.2, 0.25) is 0 Å². The van der Waals surface area contributed by atoms with Gasteiger partial charge >= 0.3 is 0 Å². The number of nitrogens with zero attached hydrogens (tertiary/aromatic N) is 2. The summed E-state index contributed by atoms with van der Waals surface area (Å²) in [4.78, 5) is 17.2. The minimum absolute atomic E-state index is 0.0482. The first-order valence-electron chi connectivity index (χ1n) is 7.84. The van der Waals surface area contributed by atoms with E-state index in [1.807, 2.05) is 24.3 Å². The van der Waals surface area contributed by atoms with E-state index in [1.165, 1.54) is 32.1 Å². The molecule has 0 spiro atoms. The van der Waals surface area contributed by atoms with Gasteiger partial charge in [0.1, 0.15) is 5.82 Å². The molecule has 1 aromatic heterocycles. The summed E-state index contributed by atoms with van der Waals surface area (Å²) < 4.78 is 1.78. The Morgan fingerprint density at radius 2 is 1.95 bits per heavy atom. The summed E-state index contributed by atoms with van der Waals surface area (Å²) in [5, 5.41) is 0.690. The lowest BCUT2D eigenvalue weighted by Crippen LogP contribution is -2.26. The molecule has 0 amide bonds. The molecule has 0 radical (unpaired) electrons. The van der Waals surface area contributed by atoms with E-state index in [9.17, 15) is 4.79 Å². The Kier molecular flexibility index (Phi) is 4.59. The van der Waals surface area contributed by atoms with E-state index < -0.39 is 0 Å². The second kappa shape index (κ2) is 6.61. The quantitative estimate of drug-likeness (QED) is 0.797. The third-order valence-electron chi connectivity index (χ3n) is 4.55. The lowest BCUT2D eigenvalue weighted by molar-refractivity contribution is 0.321. The maximum absolute atomic E-state index is 12.6. The van der Waals surface area contributed by atoms with E-state index in [-0.39, 0.29) is 11.4 Å². The fourth-order valence-corrected chi connectivity index (χ4v) is 3.54. The Morgan fingerprint density at radius 1 is 1.19 bits per heavy atom. The highest BCUT2D eigenvalue weighted by Gasteiger charge is 2.15. The minimum Gasteiger partial charge on any atom is -0.295 e. The van der Waals surface area contributed by atoms with Crippen molar-refractivity contribution in [3.05, 3.63) is 40.4 Å². The first-order valence-corrected chi connectivity index (χ1v) is 8.37. The van der Waals surface area contributed by atoms with Crippen molar-refractivity contribution in [2.24, 2.45) is 5.92 Å². The molecule has 1 heterocycles. The molecule has 3 nitrogen and oxygen atoms in total. The number of alkyl halides is 1. The topological polar surface area (TPSA) is 34.9 Å². The molecule has 1 aromatic carbocycles. The number of para-hydroxylation sites is 1. The standard InChI is InChI=1S/C17H21ClN2O/c18-12-16-19-15-9-5-4-8-14(15)17(21)20(16)11-10-13-6-2-1-3-7-13/h4-5,8-9,13H,1-3,6-7,10-12H2. The normalized spacial score (nSPS) is 16.4. The molecule has 4 heteroatoms. The molecule has 0 atom stereocenters. The molecule has 112 valence electrons. The predicted octanol–water partition coefficient (Wildman–Crippen LogP) is 4.11. The number of aromatic nitrogens is 2. The maximum atomic E-state index is 12.6. The van der Waals surface area contributed by atoms with Crippen LogP contribution in [-0.2, 0) is 12.4 Å². The van der Waals surface area contributed by atoms with Gasteiger partial charge in [-0.1, -0.05) is 44.2 Å². The fourth-order valence-electron chi connectivity index (χ4n) is 3.33. The number of hydrogen-bond donors (Lipinski definition) is 0. The van der Waals surface area contributed by atoms with Crippen LogP contribution in [0.1, 0.15) is 44.3 Å². The highest BCUT2D eigenvalue weighted by atomic mass is 35.5. The van der Waals surface area contributed by atoms with Crippen molar-refractivity contribution in [2.45, 2.75) is 50.9 Å². The zero-order chi connectivity index (χ0) is 14.7. The highest BCUT2D eigenvalue weighted by molar-refractivity contribution is 6.16. The van der Waals surface area contributed by atoms with Crippen molar-refractivity contribution < 1.29 is 0 Å². The monoisotopic (exact) mass is 304 g/mol. The van der Waals surface area contributed by atoms with Gasteiger partial charge in [-0.15, -0.1) is 11.6 Å². The van der Waals surface area contributed by atoms with Gasteiger partial charge in [-0.3, -0.25) is 9.36 Å². The summed E-state index contributed by atoms with van der Waals surface area (Å²) in [6, 6.07) is 7.51. The highest BCUT2D eigenvalue weighted by Crippen LogP contribution is 2.26. The van der Waals surface area contributed by atoms with Crippen molar-refractivity contribution >= 4 is 22.5 Å². The van der Waals surface area contributed by atoms with Crippen molar-refractivity contribution in [1.82, 2.24) is 9.55 Å². The summed E-state index contributed by atoms with van der Waals surface area (Å²) in [6.45, 7) is 0.739. The van der Waals surface area contributed by atoms with Crippen molar-refractivity contribution in [2.75, 3.05) is 0 Å². The summed E-state index contributed by atoms with van der Waals surface area (Å²) in [7, 11) is 0. The predicted molar refractivity (Wildman–Crippen MR) is 86.8 cm³/mol. The van der Waals surface area contributed by atoms with Gasteiger partial charge in [0.25, 0.3) is 5.56 Å². The van der Waals surface area contributed by atoms with Crippen LogP contribution in [0, 0.1) is 5.92 Å². The van der Waals surface area contributed by atoms with Crippen LogP contribution in [0.15, 0.2) is 29.1 Å². The van der Waals surface area contributed by atoms with Gasteiger partial charge in [-0.25, -0.2) is 4.98 Å². The Hall–Kier alpha value is -1.35. The molecule has 0 saturated heterocycles. The Balaban J connectivity index is 1.89. The van der Waals surface area contributed by atoms with E-state index in [0.717, 1.165) is 24.4 Å². The number of rotatable bonds is 4. The van der Waals surface area contributed by atoms with Crippen LogP contribution in [0.4, 0.5) is 0 Å². The Morgan fingerprint density at radius 3 is 2.71 bits per heavy atom. The molecule has 3 rings (SSSR count). The molecule has 0 unspecified atom stereocenters. The average molecular weight is 305 g/mol. The second-order valence-electron chi connectivity index (χ2n) is 5.93. The van der Waals surface area contributed by atoms with Gasteiger partial charge in [0.2, 0.25) is 0 Å². The fraction of sp³-hybridized carbons (Fsp3) is 0.529. The molecule has 1 aliphatic carbocycles. The van der Waals surface area contributed by atoms with Crippen LogP contribution >= 0.6 is 11.6 Å². The summed E-state index contributed by atoms with van der Waals surface area (Å²) in [6.07, 6.45) is 7.68. The van der Waals surface area contributed by atoms with Gasteiger partial charge < -0.3 is 0 Å². The molecule has 2 aromatic rings. The van der Waals surface area contributed by atoms with E-state index in [4.69, 9.17) is 11.6 Å². The lowest BCUT2D eigenvalue weighted by atomic mass is 9.87. The maximum Gasteiger partial charge on any atom is 0.261 e. The first kappa shape index (κ1) is 14.6. The Bertz CT molecular complexity index is 674. The van der Waals surface area contributed by atoms with Gasteiger partial charge in [-0.2, -0.15) is 0 Å². The van der Waals surface area contributed by atoms with Gasteiger partial charge in [0.05, 0.1) is 16.8 Å². The van der Waals surface area contributed by atoms with Gasteiger partial charge in [0.15, 0.2) is 0 Å². The van der Waals surface area contributed by atoms with Crippen LogP contribution in [0.5, 0.6) is 0 Å². The molecule has 0 aliphatic heterocycles. The van der Waals surface area contributed by atoms with E-state index in [1.54, 1.807) is 4.57 Å². The SMILES string of the molecule is O=c1c2ccccc2nc(CCl)n1CCC1CCCCC1. The molecular weight excluding hydrogens is 284 g/mol. The first-order chi connectivity index (χ1) is 10.3. The Labute approximate surface area is 130 Å². The summed E-state index contributed by atoms with van der Waals surface area (Å²) >= 11 is 6.00. The van der Waals surface area contributed by atoms with Crippen LogP contribution < -0.4 is 5.56 Å². The van der Waals surface area contributed by atoms with Crippen LogP contribution in [-0.4, -0.2) is 9.55 Å². The molecule has 21 heavy (non-hydrogen) atoms. The average Bonchev–Trinajstić information content (AvgIpc) is 2.55. The number of hydrogen-bond acceptors (Lipinski definition) is 2. The number of benzene rings is 1. The van der Waals surface area contributed by atoms with Crippen LogP contribution in [0.25, 0.3) is 10.9 Å². The molecule has 0 N–H and O–H groups in total. The van der Waals surface area contributed by atoms with Crippen molar-refractivity contribution in [3.63, 3.8) is 0 Å². The zero-order valence-electron chi connectivity index (χ0n) is 12.2. The van der Waals surface area contributed by atoms with E-state index in [0.29, 0.717) is 11.2 Å². The molecular formula is C17H21ClN2O. The zero-order valence-corrected chi connectivity index (χ0v) is 13.0. The van der Waals surface area contributed by atoms with E-state index >= 15 is 0 Å². The smallest absolute Gasteiger partial charge is 0.261 e. The third-order valence-corrected chi connectivity index (χ3v) is 4.78. The molecule has 1 aliphatic rings. The molecule has 1 fully saturated rings. The van der Waals surface area contributed by atoms with Gasteiger partial charge in [-0.05, 0) is 24.5 Å². The van der Waals surface area contributed by atoms with Crippen molar-refractivity contribution in [1.29, 1.82) is 0 Å². The van der Waals surface area contributed by atoms with Crippen LogP contribution in [0.3, 0.4) is 0 Å². The second-order valence-corrected chi connectivity index (χ2v) is 6.20. The number of halogens is 1. The van der Waals surface area contributed by atoms with Gasteiger partial charge in [0, 0.05) is 6.54 Å². The lowest BCUT2D eigenvalue weighted by Gasteiger charge is -2.22. The largest absolute Gasteiger partial charge is 0.295 e.